The molecule has 6 heteroatoms. The van der Waals surface area contributed by atoms with Crippen molar-refractivity contribution in [1.29, 1.82) is 0 Å². The van der Waals surface area contributed by atoms with E-state index in [1.165, 1.54) is 23.7 Å². The third kappa shape index (κ3) is 12.7. The van der Waals surface area contributed by atoms with Gasteiger partial charge in [-0.2, -0.15) is 0 Å². The van der Waals surface area contributed by atoms with Gasteiger partial charge in [-0.15, -0.1) is 0 Å². The highest BCUT2D eigenvalue weighted by atomic mass is 127. The molecule has 118 valence electrons. The fourth-order valence-corrected chi connectivity index (χ4v) is 2.38. The minimum atomic E-state index is -0.961. The quantitative estimate of drug-likeness (QED) is 0.253. The number of nitrogens with two attached hydrogens (primary N) is 1. The number of aliphatic carboxylic acids is 1. The molecule has 0 aliphatic heterocycles. The van der Waals surface area contributed by atoms with Gasteiger partial charge in [0, 0.05) is 13.0 Å². The predicted octanol–water partition coefficient (Wildman–Crippen LogP) is 2.46. The molecule has 0 aromatic rings. The smallest absolute Gasteiger partial charge is 0.320 e. The second kappa shape index (κ2) is 13.6. The SMILES string of the molecule is N[C@@H](CCCCNC(=O)CCCCCCCI)C(=O)O. The zero-order valence-corrected chi connectivity index (χ0v) is 14.2. The molecule has 0 unspecified atom stereocenters. The Bertz CT molecular complexity index is 275. The molecule has 0 aliphatic rings. The first-order chi connectivity index (χ1) is 9.57. The Balaban J connectivity index is 3.30. The molecule has 0 fully saturated rings. The van der Waals surface area contributed by atoms with Crippen LogP contribution in [0.25, 0.3) is 0 Å². The summed E-state index contributed by atoms with van der Waals surface area (Å²) in [5, 5.41) is 11.5. The fourth-order valence-electron chi connectivity index (χ4n) is 1.84. The molecule has 4 N–H and O–H groups in total. The maximum absolute atomic E-state index is 11.5. The number of hydrogen-bond acceptors (Lipinski definition) is 3. The predicted molar refractivity (Wildman–Crippen MR) is 89.1 cm³/mol. The van der Waals surface area contributed by atoms with Gasteiger partial charge in [-0.1, -0.05) is 41.9 Å². The summed E-state index contributed by atoms with van der Waals surface area (Å²) in [4.78, 5) is 22.0. The Morgan fingerprint density at radius 2 is 1.70 bits per heavy atom. The zero-order valence-electron chi connectivity index (χ0n) is 12.1. The van der Waals surface area contributed by atoms with Gasteiger partial charge in [0.1, 0.15) is 6.04 Å². The zero-order chi connectivity index (χ0) is 15.2. The molecule has 0 aromatic heterocycles. The normalized spacial score (nSPS) is 12.1. The van der Waals surface area contributed by atoms with Crippen LogP contribution in [0.4, 0.5) is 0 Å². The largest absolute Gasteiger partial charge is 0.480 e. The van der Waals surface area contributed by atoms with E-state index in [2.05, 4.69) is 27.9 Å². The Kier molecular flexibility index (Phi) is 13.4. The molecule has 0 rings (SSSR count). The van der Waals surface area contributed by atoms with Crippen molar-refractivity contribution in [2.45, 2.75) is 63.8 Å². The first-order valence-corrected chi connectivity index (χ1v) is 8.91. The van der Waals surface area contributed by atoms with Crippen molar-refractivity contribution in [3.63, 3.8) is 0 Å². The van der Waals surface area contributed by atoms with Gasteiger partial charge in [-0.25, -0.2) is 0 Å². The monoisotopic (exact) mass is 398 g/mol. The molecule has 0 saturated heterocycles. The number of carboxylic acid groups (broad SMARTS) is 1. The summed E-state index contributed by atoms with van der Waals surface area (Å²) in [6, 6.07) is -0.784. The van der Waals surface area contributed by atoms with E-state index in [0.29, 0.717) is 19.4 Å². The number of carboxylic acids is 1. The summed E-state index contributed by atoms with van der Waals surface area (Å²) in [5.41, 5.74) is 5.39. The van der Waals surface area contributed by atoms with Crippen LogP contribution in [0, 0.1) is 0 Å². The maximum Gasteiger partial charge on any atom is 0.320 e. The van der Waals surface area contributed by atoms with Crippen LogP contribution in [0.2, 0.25) is 0 Å². The lowest BCUT2D eigenvalue weighted by Gasteiger charge is -2.07. The number of rotatable bonds is 13. The van der Waals surface area contributed by atoms with Crippen molar-refractivity contribution < 1.29 is 14.7 Å². The molecular formula is C14H27IN2O3. The first kappa shape index (κ1) is 19.6. The lowest BCUT2D eigenvalue weighted by Crippen LogP contribution is -2.30. The van der Waals surface area contributed by atoms with E-state index in [9.17, 15) is 9.59 Å². The molecule has 0 radical (unpaired) electrons. The van der Waals surface area contributed by atoms with Crippen molar-refractivity contribution >= 4 is 34.5 Å². The second-order valence-electron chi connectivity index (χ2n) is 5.00. The fraction of sp³-hybridized carbons (Fsp3) is 0.857. The van der Waals surface area contributed by atoms with Gasteiger partial charge in [-0.05, 0) is 36.5 Å². The molecule has 20 heavy (non-hydrogen) atoms. The van der Waals surface area contributed by atoms with Crippen LogP contribution in [-0.4, -0.2) is 34.0 Å². The van der Waals surface area contributed by atoms with E-state index < -0.39 is 12.0 Å². The third-order valence-electron chi connectivity index (χ3n) is 3.12. The van der Waals surface area contributed by atoms with Crippen molar-refractivity contribution in [1.82, 2.24) is 5.32 Å². The van der Waals surface area contributed by atoms with Crippen LogP contribution in [-0.2, 0) is 9.59 Å². The summed E-state index contributed by atoms with van der Waals surface area (Å²) >= 11 is 2.38. The minimum absolute atomic E-state index is 0.0985. The van der Waals surface area contributed by atoms with Gasteiger partial charge in [-0.3, -0.25) is 9.59 Å². The molecule has 5 nitrogen and oxygen atoms in total. The Morgan fingerprint density at radius 1 is 1.05 bits per heavy atom. The number of alkyl halides is 1. The number of nitrogens with one attached hydrogen (secondary N) is 1. The summed E-state index contributed by atoms with van der Waals surface area (Å²) < 4.78 is 1.21. The summed E-state index contributed by atoms with van der Waals surface area (Å²) in [7, 11) is 0. The van der Waals surface area contributed by atoms with E-state index in [4.69, 9.17) is 10.8 Å². The standard InChI is InChI=1S/C14H27IN2O3/c15-10-6-3-1-2-4-9-13(18)17-11-7-5-8-12(16)14(19)20/h12H,1-11,16H2,(H,17,18)(H,19,20)/t12-/m0/s1. The van der Waals surface area contributed by atoms with Crippen LogP contribution in [0.3, 0.4) is 0 Å². The maximum atomic E-state index is 11.5. The highest BCUT2D eigenvalue weighted by Gasteiger charge is 2.10. The van der Waals surface area contributed by atoms with E-state index in [1.54, 1.807) is 0 Å². The second-order valence-corrected chi connectivity index (χ2v) is 6.08. The molecule has 0 heterocycles. The van der Waals surface area contributed by atoms with Crippen molar-refractivity contribution in [2.75, 3.05) is 11.0 Å². The lowest BCUT2D eigenvalue weighted by atomic mass is 10.1. The number of unbranched alkanes of at least 4 members (excludes halogenated alkanes) is 5. The minimum Gasteiger partial charge on any atom is -0.480 e. The van der Waals surface area contributed by atoms with Gasteiger partial charge in [0.25, 0.3) is 0 Å². The van der Waals surface area contributed by atoms with E-state index in [-0.39, 0.29) is 5.91 Å². The van der Waals surface area contributed by atoms with Crippen molar-refractivity contribution in [2.24, 2.45) is 5.73 Å². The van der Waals surface area contributed by atoms with Gasteiger partial charge in [0.15, 0.2) is 0 Å². The average molecular weight is 398 g/mol. The topological polar surface area (TPSA) is 92.4 Å². The molecule has 0 saturated carbocycles. The summed E-state index contributed by atoms with van der Waals surface area (Å²) in [5.74, 6) is -0.863. The average Bonchev–Trinajstić information content (AvgIpc) is 2.41. The molecule has 0 spiro atoms. The molecule has 0 aliphatic carbocycles. The van der Waals surface area contributed by atoms with Crippen LogP contribution in [0.15, 0.2) is 0 Å². The highest BCUT2D eigenvalue weighted by molar-refractivity contribution is 14.1. The van der Waals surface area contributed by atoms with Gasteiger partial charge in [0.2, 0.25) is 5.91 Å². The van der Waals surface area contributed by atoms with Gasteiger partial charge < -0.3 is 16.2 Å². The third-order valence-corrected chi connectivity index (χ3v) is 3.88. The van der Waals surface area contributed by atoms with E-state index >= 15 is 0 Å². The van der Waals surface area contributed by atoms with Crippen LogP contribution in [0.5, 0.6) is 0 Å². The number of carbonyl (C=O) groups excluding carboxylic acids is 1. The number of hydrogen-bond donors (Lipinski definition) is 3. The number of amides is 1. The summed E-state index contributed by atoms with van der Waals surface area (Å²) in [6.07, 6.45) is 8.38. The Hall–Kier alpha value is -0.370. The molecule has 0 bridgehead atoms. The van der Waals surface area contributed by atoms with Crippen LogP contribution >= 0.6 is 22.6 Å². The van der Waals surface area contributed by atoms with Crippen molar-refractivity contribution in [3.8, 4) is 0 Å². The van der Waals surface area contributed by atoms with Gasteiger partial charge in [0.05, 0.1) is 0 Å². The summed E-state index contributed by atoms with van der Waals surface area (Å²) in [6.45, 7) is 0.611. The van der Waals surface area contributed by atoms with E-state index in [1.807, 2.05) is 0 Å². The number of carbonyl (C=O) groups is 2. The first-order valence-electron chi connectivity index (χ1n) is 7.39. The molecule has 1 atom stereocenters. The highest BCUT2D eigenvalue weighted by Crippen LogP contribution is 2.06. The molecule has 1 amide bonds. The Morgan fingerprint density at radius 3 is 2.35 bits per heavy atom. The lowest BCUT2D eigenvalue weighted by molar-refractivity contribution is -0.138. The van der Waals surface area contributed by atoms with E-state index in [0.717, 1.165) is 25.7 Å². The Labute approximate surface area is 135 Å². The van der Waals surface area contributed by atoms with Crippen LogP contribution in [0.1, 0.15) is 57.8 Å². The van der Waals surface area contributed by atoms with Crippen molar-refractivity contribution in [3.05, 3.63) is 0 Å². The molecular weight excluding hydrogens is 371 g/mol. The molecule has 0 aromatic carbocycles. The number of halogens is 1. The van der Waals surface area contributed by atoms with Crippen LogP contribution < -0.4 is 11.1 Å². The van der Waals surface area contributed by atoms with Gasteiger partial charge >= 0.3 is 5.97 Å².